The summed E-state index contributed by atoms with van der Waals surface area (Å²) in [6.07, 6.45) is 50.9. The lowest BCUT2D eigenvalue weighted by atomic mass is 10.1. The van der Waals surface area contributed by atoms with Crippen LogP contribution in [0.4, 0.5) is 0 Å². The van der Waals surface area contributed by atoms with Gasteiger partial charge in [-0.05, 0) is 77.0 Å². The second-order valence-electron chi connectivity index (χ2n) is 16.3. The number of carboxylic acids is 1. The first-order valence-electron chi connectivity index (χ1n) is 23.0. The van der Waals surface area contributed by atoms with Crippen LogP contribution in [0, 0.1) is 0 Å². The van der Waals surface area contributed by atoms with Gasteiger partial charge in [0.15, 0.2) is 12.1 Å². The zero-order valence-electron chi connectivity index (χ0n) is 37.7. The summed E-state index contributed by atoms with van der Waals surface area (Å²) in [5.74, 6) is -1.55. The van der Waals surface area contributed by atoms with Crippen LogP contribution in [0.2, 0.25) is 0 Å². The van der Waals surface area contributed by atoms with Gasteiger partial charge in [-0.15, -0.1) is 0 Å². The van der Waals surface area contributed by atoms with Crippen molar-refractivity contribution in [3.63, 3.8) is 0 Å². The topological polar surface area (TPSA) is 99.1 Å². The Bertz CT molecular complexity index is 1180. The van der Waals surface area contributed by atoms with Crippen LogP contribution in [0.15, 0.2) is 72.9 Å². The predicted molar refractivity (Wildman–Crippen MR) is 243 cm³/mol. The van der Waals surface area contributed by atoms with Crippen molar-refractivity contribution in [1.29, 1.82) is 0 Å². The van der Waals surface area contributed by atoms with Crippen molar-refractivity contribution in [2.24, 2.45) is 0 Å². The van der Waals surface area contributed by atoms with Gasteiger partial charge in [-0.25, -0.2) is 4.79 Å². The minimum absolute atomic E-state index is 0.0385. The molecule has 2 atom stereocenters. The van der Waals surface area contributed by atoms with E-state index in [4.69, 9.17) is 14.2 Å². The first-order valence-corrected chi connectivity index (χ1v) is 23.0. The van der Waals surface area contributed by atoms with E-state index in [0.717, 1.165) is 57.8 Å². The smallest absolute Gasteiger partial charge is 0.362 e. The molecule has 58 heavy (non-hydrogen) atoms. The molecule has 0 saturated heterocycles. The van der Waals surface area contributed by atoms with E-state index >= 15 is 0 Å². The number of hydrogen-bond donors (Lipinski definition) is 1. The van der Waals surface area contributed by atoms with E-state index in [-0.39, 0.29) is 42.7 Å². The number of unbranched alkanes of at least 4 members (excludes halogenated alkanes) is 14. The van der Waals surface area contributed by atoms with Gasteiger partial charge in [0.25, 0.3) is 0 Å². The number of hydrogen-bond acceptors (Lipinski definition) is 6. The molecule has 0 amide bonds. The van der Waals surface area contributed by atoms with Gasteiger partial charge in [-0.1, -0.05) is 151 Å². The van der Waals surface area contributed by atoms with Crippen molar-refractivity contribution in [3.8, 4) is 0 Å². The fourth-order valence-corrected chi connectivity index (χ4v) is 6.30. The minimum atomic E-state index is -0.885. The summed E-state index contributed by atoms with van der Waals surface area (Å²) in [5, 5.41) is 9.63. The van der Waals surface area contributed by atoms with Gasteiger partial charge in [0.05, 0.1) is 34.4 Å². The second kappa shape index (κ2) is 40.5. The molecular formula is C50H86NO7+. The predicted octanol–water partition coefficient (Wildman–Crippen LogP) is 12.7. The molecule has 0 spiro atoms. The van der Waals surface area contributed by atoms with Crippen molar-refractivity contribution < 1.29 is 38.2 Å². The first kappa shape index (κ1) is 54.8. The summed E-state index contributed by atoms with van der Waals surface area (Å²) in [6, 6.07) is -0.627. The zero-order chi connectivity index (χ0) is 42.8. The molecule has 0 radical (unpaired) electrons. The molecule has 0 aromatic rings. The third-order valence-corrected chi connectivity index (χ3v) is 9.84. The molecule has 0 aliphatic heterocycles. The number of esters is 2. The van der Waals surface area contributed by atoms with Gasteiger partial charge in [0, 0.05) is 19.3 Å². The molecule has 0 aliphatic rings. The number of ether oxygens (including phenoxy) is 3. The van der Waals surface area contributed by atoms with Crippen molar-refractivity contribution >= 4 is 17.9 Å². The van der Waals surface area contributed by atoms with E-state index in [1.165, 1.54) is 77.0 Å². The highest BCUT2D eigenvalue weighted by Gasteiger charge is 2.31. The second-order valence-corrected chi connectivity index (χ2v) is 16.3. The summed E-state index contributed by atoms with van der Waals surface area (Å²) in [6.45, 7) is 4.55. The number of carbonyl (C=O) groups excluding carboxylic acids is 2. The summed E-state index contributed by atoms with van der Waals surface area (Å²) >= 11 is 0. The number of nitrogens with zero attached hydrogens (tertiary/aromatic N) is 1. The van der Waals surface area contributed by atoms with Gasteiger partial charge in [-0.2, -0.15) is 0 Å². The number of allylic oxidation sites excluding steroid dienone is 12. The van der Waals surface area contributed by atoms with Crippen molar-refractivity contribution in [2.75, 3.05) is 41.0 Å². The van der Waals surface area contributed by atoms with Crippen LogP contribution in [-0.4, -0.2) is 80.6 Å². The molecule has 0 rings (SSSR count). The van der Waals surface area contributed by atoms with E-state index in [9.17, 15) is 19.5 Å². The lowest BCUT2D eigenvalue weighted by molar-refractivity contribution is -0.887. The lowest BCUT2D eigenvalue weighted by Gasteiger charge is -2.31. The Morgan fingerprint density at radius 2 is 0.983 bits per heavy atom. The average Bonchev–Trinajstić information content (AvgIpc) is 3.18. The SMILES string of the molecule is CC/C=C/C/C=C/C/C=C/C/C=C/C/C=C/CCCC(=O)OCC(COCCC(C(=O)O)[N+](C)(C)C)OC(=O)CCCCCCCCC/C=C/CCCCCCCC. The van der Waals surface area contributed by atoms with Crippen molar-refractivity contribution in [3.05, 3.63) is 72.9 Å². The number of rotatable bonds is 40. The van der Waals surface area contributed by atoms with E-state index in [1.807, 2.05) is 21.1 Å². The average molecular weight is 813 g/mol. The third kappa shape index (κ3) is 38.3. The number of aliphatic carboxylic acids is 1. The molecule has 0 bridgehead atoms. The molecule has 2 unspecified atom stereocenters. The Morgan fingerprint density at radius 1 is 0.534 bits per heavy atom. The molecule has 332 valence electrons. The molecule has 8 heteroatoms. The van der Waals surface area contributed by atoms with E-state index in [1.54, 1.807) is 0 Å². The van der Waals surface area contributed by atoms with E-state index in [2.05, 4.69) is 86.8 Å². The molecular weight excluding hydrogens is 727 g/mol. The van der Waals surface area contributed by atoms with Gasteiger partial charge < -0.3 is 23.8 Å². The normalized spacial score (nSPS) is 13.6. The molecule has 8 nitrogen and oxygen atoms in total. The van der Waals surface area contributed by atoms with Gasteiger partial charge in [-0.3, -0.25) is 9.59 Å². The Labute approximate surface area is 355 Å². The van der Waals surface area contributed by atoms with Crippen LogP contribution in [0.1, 0.15) is 174 Å². The molecule has 0 fully saturated rings. The van der Waals surface area contributed by atoms with Crippen LogP contribution in [0.25, 0.3) is 0 Å². The number of quaternary nitrogens is 1. The standard InChI is InChI=1S/C50H85NO7/c1-6-8-10-12-14-16-18-20-22-24-26-28-30-32-34-36-38-40-48(52)57-45-46(44-56-43-42-47(50(54)55)51(3,4)5)58-49(53)41-39-37-35-33-31-29-27-25-23-21-19-17-15-13-11-9-7-2/h8,10,14,16,20-23,26,28,32,34,46-47H,6-7,9,11-13,15,17-19,24-25,27,29-31,33,35-45H2,1-5H3/p+1/b10-8+,16-14+,22-20+,23-21+,28-26+,34-32+. The van der Waals surface area contributed by atoms with Crippen LogP contribution in [-0.2, 0) is 28.6 Å². The molecule has 0 saturated carbocycles. The largest absolute Gasteiger partial charge is 0.477 e. The Hall–Kier alpha value is -3.23. The third-order valence-electron chi connectivity index (χ3n) is 9.84. The quantitative estimate of drug-likeness (QED) is 0.0285. The summed E-state index contributed by atoms with van der Waals surface area (Å²) < 4.78 is 17.2. The van der Waals surface area contributed by atoms with E-state index in [0.29, 0.717) is 19.3 Å². The van der Waals surface area contributed by atoms with Gasteiger partial charge >= 0.3 is 17.9 Å². The van der Waals surface area contributed by atoms with Crippen LogP contribution in [0.5, 0.6) is 0 Å². The van der Waals surface area contributed by atoms with Crippen LogP contribution >= 0.6 is 0 Å². The monoisotopic (exact) mass is 813 g/mol. The lowest BCUT2D eigenvalue weighted by Crippen LogP contribution is -2.50. The number of carbonyl (C=O) groups is 3. The maximum atomic E-state index is 12.7. The highest BCUT2D eigenvalue weighted by molar-refractivity contribution is 5.72. The Balaban J connectivity index is 4.43. The number of carboxylic acid groups (broad SMARTS) is 1. The van der Waals surface area contributed by atoms with Crippen molar-refractivity contribution in [2.45, 2.75) is 187 Å². The maximum absolute atomic E-state index is 12.7. The van der Waals surface area contributed by atoms with Crippen LogP contribution < -0.4 is 0 Å². The molecule has 1 N–H and O–H groups in total. The van der Waals surface area contributed by atoms with Crippen LogP contribution in [0.3, 0.4) is 0 Å². The Morgan fingerprint density at radius 3 is 1.50 bits per heavy atom. The molecule has 0 aliphatic carbocycles. The molecule has 0 aromatic heterocycles. The highest BCUT2D eigenvalue weighted by Crippen LogP contribution is 2.13. The first-order chi connectivity index (χ1) is 28.1. The molecule has 0 heterocycles. The Kier molecular flexibility index (Phi) is 38.3. The fourth-order valence-electron chi connectivity index (χ4n) is 6.30. The highest BCUT2D eigenvalue weighted by atomic mass is 16.6. The summed E-state index contributed by atoms with van der Waals surface area (Å²) in [7, 11) is 5.50. The summed E-state index contributed by atoms with van der Waals surface area (Å²) in [4.78, 5) is 37.0. The summed E-state index contributed by atoms with van der Waals surface area (Å²) in [5.41, 5.74) is 0. The zero-order valence-corrected chi connectivity index (χ0v) is 37.7. The maximum Gasteiger partial charge on any atom is 0.362 e. The van der Waals surface area contributed by atoms with Gasteiger partial charge in [0.2, 0.25) is 0 Å². The number of likely N-dealkylation sites (N-methyl/N-ethyl adjacent to an activating group) is 1. The molecule has 0 aromatic carbocycles. The van der Waals surface area contributed by atoms with Crippen molar-refractivity contribution in [1.82, 2.24) is 0 Å². The fraction of sp³-hybridized carbons (Fsp3) is 0.700. The van der Waals surface area contributed by atoms with Gasteiger partial charge in [0.1, 0.15) is 6.61 Å². The minimum Gasteiger partial charge on any atom is -0.477 e. The van der Waals surface area contributed by atoms with E-state index < -0.39 is 18.1 Å².